The topological polar surface area (TPSA) is 52.4 Å². The van der Waals surface area contributed by atoms with Crippen molar-refractivity contribution < 1.29 is 14.2 Å². The monoisotopic (exact) mass is 436 g/mol. The summed E-state index contributed by atoms with van der Waals surface area (Å²) in [5.41, 5.74) is 3.22. The normalized spacial score (nSPS) is 20.6. The van der Waals surface area contributed by atoms with Crippen molar-refractivity contribution in [3.05, 3.63) is 59.2 Å². The Bertz CT molecular complexity index is 996. The molecule has 2 aromatic rings. The first-order valence-electron chi connectivity index (χ1n) is 11.4. The molecule has 0 bridgehead atoms. The second kappa shape index (κ2) is 10.2. The highest BCUT2D eigenvalue weighted by molar-refractivity contribution is 5.96. The van der Waals surface area contributed by atoms with E-state index in [1.165, 1.54) is 16.7 Å². The highest BCUT2D eigenvalue weighted by Crippen LogP contribution is 2.30. The van der Waals surface area contributed by atoms with Crippen LogP contribution in [-0.4, -0.2) is 37.6 Å². The molecular weight excluding hydrogens is 400 g/mol. The third-order valence-electron chi connectivity index (χ3n) is 6.01. The van der Waals surface area contributed by atoms with Crippen LogP contribution in [0, 0.1) is 19.8 Å². The van der Waals surface area contributed by atoms with Gasteiger partial charge in [0.1, 0.15) is 23.1 Å². The maximum atomic E-state index is 6.03. The maximum absolute atomic E-state index is 6.03. The smallest absolute Gasteiger partial charge is 0.212 e. The molecule has 0 aromatic heterocycles. The predicted molar refractivity (Wildman–Crippen MR) is 131 cm³/mol. The van der Waals surface area contributed by atoms with Crippen LogP contribution >= 0.6 is 0 Å². The number of hydrogen-bond acceptors (Lipinski definition) is 5. The van der Waals surface area contributed by atoms with Crippen LogP contribution in [0.4, 0.5) is 0 Å². The molecule has 0 unspecified atom stereocenters. The summed E-state index contributed by atoms with van der Waals surface area (Å²) in [6.07, 6.45) is 2.75. The Morgan fingerprint density at radius 3 is 2.38 bits per heavy atom. The van der Waals surface area contributed by atoms with E-state index in [0.29, 0.717) is 17.7 Å². The Kier molecular flexibility index (Phi) is 7.60. The Morgan fingerprint density at radius 2 is 1.75 bits per heavy atom. The summed E-state index contributed by atoms with van der Waals surface area (Å²) in [6, 6.07) is 14.3. The first-order valence-corrected chi connectivity index (χ1v) is 11.4. The summed E-state index contributed by atoms with van der Waals surface area (Å²) in [5.74, 6) is 3.40. The molecule has 172 valence electrons. The van der Waals surface area contributed by atoms with Crippen molar-refractivity contribution in [2.75, 3.05) is 14.2 Å². The van der Waals surface area contributed by atoms with E-state index in [9.17, 15) is 0 Å². The lowest BCUT2D eigenvalue weighted by Gasteiger charge is -2.33. The molecule has 0 saturated carbocycles. The van der Waals surface area contributed by atoms with Gasteiger partial charge in [-0.05, 0) is 86.9 Å². The minimum Gasteiger partial charge on any atom is -0.483 e. The summed E-state index contributed by atoms with van der Waals surface area (Å²) < 4.78 is 17.3. The van der Waals surface area contributed by atoms with E-state index in [0.717, 1.165) is 30.8 Å². The molecule has 1 aliphatic rings. The van der Waals surface area contributed by atoms with Gasteiger partial charge in [0.05, 0.1) is 14.2 Å². The van der Waals surface area contributed by atoms with Gasteiger partial charge in [0.15, 0.2) is 0 Å². The van der Waals surface area contributed by atoms with Gasteiger partial charge in [-0.1, -0.05) is 32.0 Å². The predicted octanol–water partition coefficient (Wildman–Crippen LogP) is 6.31. The van der Waals surface area contributed by atoms with Crippen molar-refractivity contribution in [1.29, 1.82) is 0 Å². The molecule has 1 aliphatic heterocycles. The number of aliphatic imine (C=N–C) groups is 2. The van der Waals surface area contributed by atoms with E-state index in [1.807, 2.05) is 24.3 Å². The van der Waals surface area contributed by atoms with E-state index in [2.05, 4.69) is 52.8 Å². The molecule has 2 atom stereocenters. The molecule has 0 spiro atoms. The summed E-state index contributed by atoms with van der Waals surface area (Å²) in [4.78, 5) is 9.76. The summed E-state index contributed by atoms with van der Waals surface area (Å²) in [7, 11) is 3.35. The van der Waals surface area contributed by atoms with E-state index in [1.54, 1.807) is 14.2 Å². The van der Waals surface area contributed by atoms with E-state index in [4.69, 9.17) is 24.2 Å². The molecule has 5 heteroatoms. The van der Waals surface area contributed by atoms with Gasteiger partial charge in [0.25, 0.3) is 0 Å². The Balaban J connectivity index is 1.66. The van der Waals surface area contributed by atoms with Crippen LogP contribution in [0.5, 0.6) is 11.5 Å². The molecule has 3 rings (SSSR count). The van der Waals surface area contributed by atoms with Gasteiger partial charge >= 0.3 is 0 Å². The number of nitrogens with zero attached hydrogens (tertiary/aromatic N) is 2. The van der Waals surface area contributed by atoms with Crippen LogP contribution in [0.2, 0.25) is 0 Å². The minimum absolute atomic E-state index is 0.0915. The zero-order valence-corrected chi connectivity index (χ0v) is 20.4. The fraction of sp³-hybridized carbons (Fsp3) is 0.481. The SMILES string of the molecule is COC1=N[C@](C)(CCCc2ccc(Oc3cccc(C)c3)cc2C)C(OC)=N[C@H]1C(C)C. The van der Waals surface area contributed by atoms with Crippen molar-refractivity contribution in [2.24, 2.45) is 15.9 Å². The lowest BCUT2D eigenvalue weighted by Crippen LogP contribution is -2.44. The zero-order chi connectivity index (χ0) is 23.3. The van der Waals surface area contributed by atoms with Crippen molar-refractivity contribution in [2.45, 2.75) is 65.5 Å². The molecule has 5 nitrogen and oxygen atoms in total. The average Bonchev–Trinajstić information content (AvgIpc) is 2.74. The first-order chi connectivity index (χ1) is 15.3. The second-order valence-corrected chi connectivity index (χ2v) is 9.12. The number of hydrogen-bond donors (Lipinski definition) is 0. The second-order valence-electron chi connectivity index (χ2n) is 9.12. The lowest BCUT2D eigenvalue weighted by molar-refractivity contribution is 0.303. The van der Waals surface area contributed by atoms with Gasteiger partial charge in [-0.3, -0.25) is 0 Å². The fourth-order valence-corrected chi connectivity index (χ4v) is 4.16. The van der Waals surface area contributed by atoms with Crippen LogP contribution in [0.3, 0.4) is 0 Å². The lowest BCUT2D eigenvalue weighted by atomic mass is 9.90. The molecule has 0 amide bonds. The molecule has 32 heavy (non-hydrogen) atoms. The van der Waals surface area contributed by atoms with Gasteiger partial charge in [0, 0.05) is 0 Å². The van der Waals surface area contributed by atoms with Crippen molar-refractivity contribution in [1.82, 2.24) is 0 Å². The standard InChI is InChI=1S/C27H36N2O3/c1-18(2)24-25(30-6)29-27(5,26(28-24)31-7)15-9-11-21-13-14-23(17-20(21)4)32-22-12-8-10-19(3)16-22/h8,10,12-14,16-18,24H,9,11,15H2,1-7H3/t24-,27+/m0/s1. The van der Waals surface area contributed by atoms with E-state index < -0.39 is 5.54 Å². The van der Waals surface area contributed by atoms with Crippen molar-refractivity contribution in [3.8, 4) is 11.5 Å². The third kappa shape index (κ3) is 5.50. The Hall–Kier alpha value is -2.82. The summed E-state index contributed by atoms with van der Waals surface area (Å²) >= 11 is 0. The van der Waals surface area contributed by atoms with Crippen LogP contribution in [0.15, 0.2) is 52.4 Å². The first kappa shape index (κ1) is 23.8. The molecule has 0 radical (unpaired) electrons. The van der Waals surface area contributed by atoms with Gasteiger partial charge < -0.3 is 14.2 Å². The Labute approximate surface area is 192 Å². The zero-order valence-electron chi connectivity index (χ0n) is 20.4. The van der Waals surface area contributed by atoms with Crippen LogP contribution in [0.1, 0.15) is 50.3 Å². The van der Waals surface area contributed by atoms with E-state index in [-0.39, 0.29) is 6.04 Å². The molecular formula is C27H36N2O3. The highest BCUT2D eigenvalue weighted by atomic mass is 16.5. The fourth-order valence-electron chi connectivity index (χ4n) is 4.16. The van der Waals surface area contributed by atoms with Crippen molar-refractivity contribution in [3.63, 3.8) is 0 Å². The van der Waals surface area contributed by atoms with E-state index >= 15 is 0 Å². The molecule has 0 aliphatic carbocycles. The minimum atomic E-state index is -0.506. The summed E-state index contributed by atoms with van der Waals surface area (Å²) in [6.45, 7) is 10.5. The third-order valence-corrected chi connectivity index (χ3v) is 6.01. The van der Waals surface area contributed by atoms with Crippen LogP contribution in [-0.2, 0) is 15.9 Å². The van der Waals surface area contributed by atoms with Gasteiger partial charge in [0.2, 0.25) is 11.8 Å². The van der Waals surface area contributed by atoms with Gasteiger partial charge in [-0.2, -0.15) is 0 Å². The largest absolute Gasteiger partial charge is 0.483 e. The van der Waals surface area contributed by atoms with Crippen molar-refractivity contribution >= 4 is 11.8 Å². The Morgan fingerprint density at radius 1 is 1.00 bits per heavy atom. The van der Waals surface area contributed by atoms with Gasteiger partial charge in [-0.15, -0.1) is 0 Å². The molecule has 0 saturated heterocycles. The molecule has 0 N–H and O–H groups in total. The molecule has 0 fully saturated rings. The highest BCUT2D eigenvalue weighted by Gasteiger charge is 2.39. The quantitative estimate of drug-likeness (QED) is 0.511. The summed E-state index contributed by atoms with van der Waals surface area (Å²) in [5, 5.41) is 0. The average molecular weight is 437 g/mol. The number of ether oxygens (including phenoxy) is 3. The number of rotatable bonds is 7. The molecule has 1 heterocycles. The van der Waals surface area contributed by atoms with Gasteiger partial charge in [-0.25, -0.2) is 9.98 Å². The maximum Gasteiger partial charge on any atom is 0.212 e. The number of benzene rings is 2. The number of methoxy groups -OCH3 is 2. The van der Waals surface area contributed by atoms with Crippen LogP contribution < -0.4 is 4.74 Å². The number of aryl methyl sites for hydroxylation is 3. The van der Waals surface area contributed by atoms with Crippen LogP contribution in [0.25, 0.3) is 0 Å². The molecule has 2 aromatic carbocycles.